The third-order valence-corrected chi connectivity index (χ3v) is 7.31. The van der Waals surface area contributed by atoms with Gasteiger partial charge in [-0.3, -0.25) is 4.79 Å². The summed E-state index contributed by atoms with van der Waals surface area (Å²) in [4.78, 5) is 19.7. The molecule has 1 unspecified atom stereocenters. The third-order valence-electron chi connectivity index (χ3n) is 7.31. The van der Waals surface area contributed by atoms with Crippen molar-refractivity contribution in [2.45, 2.75) is 64.3 Å². The minimum absolute atomic E-state index is 0.108. The molecule has 5 rings (SSSR count). The molecule has 3 heterocycles. The van der Waals surface area contributed by atoms with Gasteiger partial charge in [0.25, 0.3) is 5.91 Å². The van der Waals surface area contributed by atoms with Gasteiger partial charge in [-0.25, -0.2) is 4.98 Å². The maximum Gasteiger partial charge on any atom is 0.255 e. The Hall–Kier alpha value is -2.44. The molecular weight excluding hydrogens is 424 g/mol. The molecule has 1 atom stereocenters. The molecule has 1 saturated carbocycles. The van der Waals surface area contributed by atoms with Crippen molar-refractivity contribution in [1.82, 2.24) is 15.2 Å². The zero-order valence-corrected chi connectivity index (χ0v) is 20.8. The first-order chi connectivity index (χ1) is 16.7. The molecule has 3 N–H and O–H groups in total. The molecule has 1 amide bonds. The molecule has 0 radical (unpaired) electrons. The van der Waals surface area contributed by atoms with E-state index in [2.05, 4.69) is 39.5 Å². The van der Waals surface area contributed by atoms with Crippen LogP contribution in [0.25, 0.3) is 11.1 Å². The molecule has 1 aliphatic carbocycles. The van der Waals surface area contributed by atoms with Crippen LogP contribution in [-0.2, 0) is 4.74 Å². The number of benzene rings is 1. The lowest BCUT2D eigenvalue weighted by molar-refractivity contribution is -0.0440. The van der Waals surface area contributed by atoms with E-state index in [0.29, 0.717) is 17.3 Å². The number of rotatable bonds is 6. The minimum atomic E-state index is -0.108. The summed E-state index contributed by atoms with van der Waals surface area (Å²) in [7, 11) is 0. The van der Waals surface area contributed by atoms with E-state index in [9.17, 15) is 4.79 Å². The largest absolute Gasteiger partial charge is 0.383 e. The summed E-state index contributed by atoms with van der Waals surface area (Å²) >= 11 is 0. The first-order valence-corrected chi connectivity index (χ1v) is 13.1. The predicted octanol–water partition coefficient (Wildman–Crippen LogP) is 4.86. The summed E-state index contributed by atoms with van der Waals surface area (Å²) in [5.74, 6) is 1.50. The topological polar surface area (TPSA) is 80.5 Å². The van der Waals surface area contributed by atoms with E-state index in [1.807, 2.05) is 19.9 Å². The van der Waals surface area contributed by atoms with Crippen molar-refractivity contribution in [3.8, 4) is 11.1 Å². The molecule has 184 valence electrons. The number of aromatic nitrogens is 1. The van der Waals surface area contributed by atoms with Gasteiger partial charge in [-0.2, -0.15) is 0 Å². The molecule has 1 aromatic heterocycles. The van der Waals surface area contributed by atoms with E-state index >= 15 is 0 Å². The van der Waals surface area contributed by atoms with Crippen molar-refractivity contribution in [3.05, 3.63) is 47.7 Å². The van der Waals surface area contributed by atoms with Crippen LogP contribution >= 0.6 is 0 Å². The van der Waals surface area contributed by atoms with E-state index in [1.54, 1.807) is 6.20 Å². The fourth-order valence-corrected chi connectivity index (χ4v) is 5.30. The first-order valence-electron chi connectivity index (χ1n) is 13.1. The van der Waals surface area contributed by atoms with Crippen molar-refractivity contribution < 1.29 is 9.53 Å². The van der Waals surface area contributed by atoms with Crippen LogP contribution in [0.15, 0.2) is 36.5 Å². The molecule has 0 spiro atoms. The second-order valence-corrected chi connectivity index (χ2v) is 9.74. The van der Waals surface area contributed by atoms with E-state index < -0.39 is 0 Å². The van der Waals surface area contributed by atoms with Gasteiger partial charge in [0.05, 0.1) is 18.8 Å². The maximum atomic E-state index is 12.8. The Morgan fingerprint density at radius 3 is 2.50 bits per heavy atom. The summed E-state index contributed by atoms with van der Waals surface area (Å²) in [5, 5.41) is 3.16. The number of carbonyl (C=O) groups is 1. The number of nitrogens with zero attached hydrogens (tertiary/aromatic N) is 2. The van der Waals surface area contributed by atoms with Crippen LogP contribution < -0.4 is 11.1 Å². The number of ether oxygens (including phenoxy) is 1. The first kappa shape index (κ1) is 24.7. The fraction of sp³-hybridized carbons (Fsp3) is 0.571. The van der Waals surface area contributed by atoms with E-state index in [-0.39, 0.29) is 11.9 Å². The molecule has 3 fully saturated rings. The minimum Gasteiger partial charge on any atom is -0.383 e. The van der Waals surface area contributed by atoms with E-state index in [1.165, 1.54) is 37.8 Å². The Balaban J connectivity index is 0.00000133. The van der Waals surface area contributed by atoms with Crippen molar-refractivity contribution >= 4 is 11.7 Å². The molecular formula is C28H40N4O2. The van der Waals surface area contributed by atoms with Gasteiger partial charge in [0.1, 0.15) is 5.82 Å². The number of carbonyl (C=O) groups excluding carboxylic acids is 1. The van der Waals surface area contributed by atoms with E-state index in [4.69, 9.17) is 10.5 Å². The lowest BCUT2D eigenvalue weighted by Gasteiger charge is -2.30. The van der Waals surface area contributed by atoms with Crippen LogP contribution in [0.1, 0.15) is 74.2 Å². The van der Waals surface area contributed by atoms with E-state index in [0.717, 1.165) is 56.2 Å². The molecule has 2 aromatic rings. The fourth-order valence-electron chi connectivity index (χ4n) is 5.30. The zero-order chi connectivity index (χ0) is 23.9. The number of likely N-dealkylation sites (tertiary alicyclic amines) is 1. The summed E-state index contributed by atoms with van der Waals surface area (Å²) in [6.45, 7) is 9.31. The van der Waals surface area contributed by atoms with Crippen LogP contribution in [0.5, 0.6) is 0 Å². The second-order valence-electron chi connectivity index (χ2n) is 9.74. The molecule has 2 aliphatic heterocycles. The summed E-state index contributed by atoms with van der Waals surface area (Å²) in [6.07, 6.45) is 8.69. The standard InChI is InChI=1S/C26H34N4O2.C2H6/c27-25-24(26(31)29-23-4-2-1-3-5-23)12-22(13-28-25)20-8-6-19(7-9-20)21-10-11-30(15-21)14-18-16-32-17-18;1-2/h6-9,12-13,18,21,23H,1-5,10-11,14-17H2,(H2,27,28)(H,29,31);1-2H3. The van der Waals surface area contributed by atoms with Crippen LogP contribution in [0.4, 0.5) is 5.82 Å². The van der Waals surface area contributed by atoms with Crippen molar-refractivity contribution in [3.63, 3.8) is 0 Å². The highest BCUT2D eigenvalue weighted by Gasteiger charge is 2.28. The van der Waals surface area contributed by atoms with Gasteiger partial charge < -0.3 is 20.7 Å². The normalized spacial score (nSPS) is 21.4. The van der Waals surface area contributed by atoms with Crippen molar-refractivity contribution in [2.75, 3.05) is 38.6 Å². The van der Waals surface area contributed by atoms with Gasteiger partial charge in [-0.1, -0.05) is 57.4 Å². The van der Waals surface area contributed by atoms with Crippen LogP contribution in [0.2, 0.25) is 0 Å². The Labute approximate surface area is 204 Å². The Kier molecular flexibility index (Phi) is 8.57. The highest BCUT2D eigenvalue weighted by Crippen LogP contribution is 2.31. The van der Waals surface area contributed by atoms with Gasteiger partial charge in [0.2, 0.25) is 0 Å². The molecule has 3 aliphatic rings. The number of nitrogens with one attached hydrogen (secondary N) is 1. The maximum absolute atomic E-state index is 12.8. The summed E-state index contributed by atoms with van der Waals surface area (Å²) in [6, 6.07) is 10.9. The van der Waals surface area contributed by atoms with Crippen LogP contribution in [-0.4, -0.2) is 54.7 Å². The molecule has 0 bridgehead atoms. The van der Waals surface area contributed by atoms with Gasteiger partial charge in [-0.15, -0.1) is 0 Å². The average Bonchev–Trinajstić information content (AvgIpc) is 3.33. The van der Waals surface area contributed by atoms with Crippen LogP contribution in [0, 0.1) is 5.92 Å². The highest BCUT2D eigenvalue weighted by molar-refractivity contribution is 5.99. The molecule has 34 heavy (non-hydrogen) atoms. The second kappa shape index (κ2) is 11.8. The third kappa shape index (κ3) is 5.97. The number of nitrogen functional groups attached to an aromatic ring is 1. The molecule has 1 aromatic carbocycles. The Morgan fingerprint density at radius 1 is 1.09 bits per heavy atom. The molecule has 6 heteroatoms. The summed E-state index contributed by atoms with van der Waals surface area (Å²) in [5.41, 5.74) is 9.91. The number of nitrogens with two attached hydrogens (primary N) is 1. The Bertz CT molecular complexity index is 936. The Morgan fingerprint density at radius 2 is 1.82 bits per heavy atom. The number of amides is 1. The quantitative estimate of drug-likeness (QED) is 0.638. The van der Waals surface area contributed by atoms with Gasteiger partial charge in [-0.05, 0) is 48.9 Å². The number of anilines is 1. The molecule has 6 nitrogen and oxygen atoms in total. The lowest BCUT2D eigenvalue weighted by atomic mass is 9.94. The lowest BCUT2D eigenvalue weighted by Crippen LogP contribution is -2.38. The number of hydrogen-bond acceptors (Lipinski definition) is 5. The predicted molar refractivity (Wildman–Crippen MR) is 138 cm³/mol. The van der Waals surface area contributed by atoms with Gasteiger partial charge in [0, 0.05) is 36.8 Å². The van der Waals surface area contributed by atoms with Crippen molar-refractivity contribution in [2.24, 2.45) is 5.92 Å². The average molecular weight is 465 g/mol. The summed E-state index contributed by atoms with van der Waals surface area (Å²) < 4.78 is 5.32. The number of pyridine rings is 1. The monoisotopic (exact) mass is 464 g/mol. The highest BCUT2D eigenvalue weighted by atomic mass is 16.5. The number of hydrogen-bond donors (Lipinski definition) is 2. The SMILES string of the molecule is CC.Nc1ncc(-c2ccc(C3CCN(CC4COC4)C3)cc2)cc1C(=O)NC1CCCCC1. The van der Waals surface area contributed by atoms with Crippen molar-refractivity contribution in [1.29, 1.82) is 0 Å². The zero-order valence-electron chi connectivity index (χ0n) is 20.8. The van der Waals surface area contributed by atoms with Gasteiger partial charge in [0.15, 0.2) is 0 Å². The van der Waals surface area contributed by atoms with Gasteiger partial charge >= 0.3 is 0 Å². The smallest absolute Gasteiger partial charge is 0.255 e. The molecule has 2 saturated heterocycles. The van der Waals surface area contributed by atoms with Crippen LogP contribution in [0.3, 0.4) is 0 Å².